The zero-order valence-electron chi connectivity index (χ0n) is 20.3. The molecule has 11 heteroatoms. The molecule has 4 aromatic rings. The summed E-state index contributed by atoms with van der Waals surface area (Å²) < 4.78 is 7.13. The molecule has 1 aliphatic heterocycles. The van der Waals surface area contributed by atoms with Crippen molar-refractivity contribution in [3.63, 3.8) is 0 Å². The molecule has 6 rings (SSSR count). The van der Waals surface area contributed by atoms with E-state index in [0.717, 1.165) is 27.3 Å². The molecule has 4 N–H and O–H groups in total. The van der Waals surface area contributed by atoms with E-state index in [2.05, 4.69) is 20.6 Å². The van der Waals surface area contributed by atoms with E-state index in [4.69, 9.17) is 22.1 Å². The number of nitrogen functional groups attached to an aromatic ring is 1. The highest BCUT2D eigenvalue weighted by Gasteiger charge is 2.39. The van der Waals surface area contributed by atoms with E-state index in [0.29, 0.717) is 39.9 Å². The topological polar surface area (TPSA) is 127 Å². The molecule has 0 fully saturated rings. The maximum Gasteiger partial charge on any atom is 0.341 e. The first-order valence-corrected chi connectivity index (χ1v) is 13.3. The number of nitrogens with two attached hydrogens (primary N) is 1. The summed E-state index contributed by atoms with van der Waals surface area (Å²) in [7, 11) is 0. The number of anilines is 2. The van der Waals surface area contributed by atoms with Gasteiger partial charge < -0.3 is 15.8 Å². The first-order valence-electron chi connectivity index (χ1n) is 12.1. The highest BCUT2D eigenvalue weighted by molar-refractivity contribution is 7.16. The number of rotatable bonds is 5. The van der Waals surface area contributed by atoms with Gasteiger partial charge in [-0.25, -0.2) is 4.79 Å². The van der Waals surface area contributed by atoms with Gasteiger partial charge in [-0.05, 0) is 49.6 Å². The smallest absolute Gasteiger partial charge is 0.341 e. The Kier molecular flexibility index (Phi) is 6.13. The minimum absolute atomic E-state index is 0.161. The van der Waals surface area contributed by atoms with Gasteiger partial charge in [0.1, 0.15) is 16.6 Å². The summed E-state index contributed by atoms with van der Waals surface area (Å²) in [6.07, 6.45) is 1.38. The third-order valence-corrected chi connectivity index (χ3v) is 7.93. The lowest BCUT2D eigenvalue weighted by Crippen LogP contribution is -2.28. The van der Waals surface area contributed by atoms with E-state index in [9.17, 15) is 9.59 Å². The van der Waals surface area contributed by atoms with Crippen LogP contribution in [-0.4, -0.2) is 22.4 Å². The standard InChI is InChI=1S/C27H23ClN6O3S/c1-2-37-27(36)21-20-18(38-24(21)29)13-12-17-19(20)23(14-6-4-3-5-7-14)34-25(30-17)22(26(35)33-34)32-31-16-10-8-15(28)9-11-16/h3-11,23,30H,2,12-13,29H2,1H3,(H,33,35). The van der Waals surface area contributed by atoms with Crippen LogP contribution in [-0.2, 0) is 11.2 Å². The minimum atomic E-state index is -0.452. The number of aromatic amines is 1. The number of azo groups is 1. The Morgan fingerprint density at radius 1 is 1.16 bits per heavy atom. The fourth-order valence-electron chi connectivity index (χ4n) is 5.00. The predicted molar refractivity (Wildman–Crippen MR) is 149 cm³/mol. The predicted octanol–water partition coefficient (Wildman–Crippen LogP) is 6.44. The number of halogens is 1. The molecule has 0 radical (unpaired) electrons. The number of thiophene rings is 1. The van der Waals surface area contributed by atoms with Crippen LogP contribution in [0.25, 0.3) is 5.57 Å². The number of hydrogen-bond acceptors (Lipinski definition) is 8. The van der Waals surface area contributed by atoms with Gasteiger partial charge in [-0.2, -0.15) is 5.11 Å². The van der Waals surface area contributed by atoms with Crippen LogP contribution >= 0.6 is 22.9 Å². The fraction of sp³-hybridized carbons (Fsp3) is 0.185. The number of fused-ring (bicyclic) bond motifs is 3. The second-order valence-corrected chi connectivity index (χ2v) is 10.4. The summed E-state index contributed by atoms with van der Waals surface area (Å²) >= 11 is 7.39. The second kappa shape index (κ2) is 9.62. The highest BCUT2D eigenvalue weighted by Crippen LogP contribution is 2.51. The van der Waals surface area contributed by atoms with Gasteiger partial charge in [0.05, 0.1) is 12.3 Å². The molecule has 1 aliphatic carbocycles. The molecule has 192 valence electrons. The first-order chi connectivity index (χ1) is 18.5. The van der Waals surface area contributed by atoms with Crippen molar-refractivity contribution < 1.29 is 9.53 Å². The van der Waals surface area contributed by atoms with E-state index < -0.39 is 12.0 Å². The molecular formula is C27H23ClN6O3S. The van der Waals surface area contributed by atoms with Crippen molar-refractivity contribution in [1.29, 1.82) is 0 Å². The molecule has 2 aromatic heterocycles. The number of esters is 1. The molecule has 0 saturated heterocycles. The average Bonchev–Trinajstić information content (AvgIpc) is 3.42. The van der Waals surface area contributed by atoms with Crippen LogP contribution < -0.4 is 16.6 Å². The molecule has 9 nitrogen and oxygen atoms in total. The van der Waals surface area contributed by atoms with Crippen LogP contribution in [0.1, 0.15) is 45.7 Å². The molecule has 3 heterocycles. The van der Waals surface area contributed by atoms with Crippen LogP contribution in [0.3, 0.4) is 0 Å². The van der Waals surface area contributed by atoms with Gasteiger partial charge in [-0.3, -0.25) is 14.6 Å². The van der Waals surface area contributed by atoms with E-state index in [1.165, 1.54) is 11.3 Å². The van der Waals surface area contributed by atoms with E-state index in [-0.39, 0.29) is 17.9 Å². The second-order valence-electron chi connectivity index (χ2n) is 8.87. The minimum Gasteiger partial charge on any atom is -0.462 e. The molecule has 1 unspecified atom stereocenters. The summed E-state index contributed by atoms with van der Waals surface area (Å²) in [5, 5.41) is 16.0. The van der Waals surface area contributed by atoms with Crippen molar-refractivity contribution >= 4 is 56.7 Å². The monoisotopic (exact) mass is 546 g/mol. The number of aromatic nitrogens is 2. The van der Waals surface area contributed by atoms with Crippen LogP contribution in [0.15, 0.2) is 75.3 Å². The maximum absolute atomic E-state index is 13.2. The number of nitrogens with zero attached hydrogens (tertiary/aromatic N) is 3. The van der Waals surface area contributed by atoms with Gasteiger partial charge >= 0.3 is 5.97 Å². The Bertz CT molecular complexity index is 1670. The number of ether oxygens (including phenoxy) is 1. The van der Waals surface area contributed by atoms with Crippen LogP contribution in [0, 0.1) is 0 Å². The summed E-state index contributed by atoms with van der Waals surface area (Å²) in [6.45, 7) is 2.01. The average molecular weight is 547 g/mol. The summed E-state index contributed by atoms with van der Waals surface area (Å²) in [5.41, 5.74) is 10.6. The number of allylic oxidation sites excluding steroid dienone is 2. The summed E-state index contributed by atoms with van der Waals surface area (Å²) in [6, 6.07) is 16.2. The third kappa shape index (κ3) is 4.02. The van der Waals surface area contributed by atoms with Crippen molar-refractivity contribution in [3.05, 3.63) is 97.2 Å². The number of hydrogen-bond donors (Lipinski definition) is 3. The summed E-state index contributed by atoms with van der Waals surface area (Å²) in [5.74, 6) is 0.0527. The Balaban J connectivity index is 1.53. The van der Waals surface area contributed by atoms with Crippen molar-refractivity contribution in [1.82, 2.24) is 9.78 Å². The van der Waals surface area contributed by atoms with E-state index >= 15 is 0 Å². The lowest BCUT2D eigenvalue weighted by Gasteiger charge is -2.35. The fourth-order valence-corrected chi connectivity index (χ4v) is 6.20. The number of nitrogens with one attached hydrogen (secondary N) is 2. The van der Waals surface area contributed by atoms with Crippen molar-refractivity contribution in [2.75, 3.05) is 17.7 Å². The van der Waals surface area contributed by atoms with Gasteiger partial charge in [0, 0.05) is 26.7 Å². The van der Waals surface area contributed by atoms with Crippen molar-refractivity contribution in [3.8, 4) is 0 Å². The third-order valence-electron chi connectivity index (χ3n) is 6.60. The maximum atomic E-state index is 13.2. The Morgan fingerprint density at radius 2 is 1.92 bits per heavy atom. The molecule has 0 spiro atoms. The van der Waals surface area contributed by atoms with Gasteiger partial charge in [-0.15, -0.1) is 16.5 Å². The molecule has 38 heavy (non-hydrogen) atoms. The van der Waals surface area contributed by atoms with E-state index in [1.54, 1.807) is 35.9 Å². The first kappa shape index (κ1) is 24.2. The Hall–Kier alpha value is -4.15. The number of aryl methyl sites for hydroxylation is 1. The summed E-state index contributed by atoms with van der Waals surface area (Å²) in [4.78, 5) is 27.2. The Labute approximate surface area is 226 Å². The number of carbonyl (C=O) groups is 1. The molecule has 2 aliphatic rings. The molecule has 1 atom stereocenters. The number of H-pyrrole nitrogens is 1. The quantitative estimate of drug-likeness (QED) is 0.196. The van der Waals surface area contributed by atoms with E-state index in [1.807, 2.05) is 30.3 Å². The van der Waals surface area contributed by atoms with Gasteiger partial charge in [0.25, 0.3) is 5.56 Å². The lowest BCUT2D eigenvalue weighted by molar-refractivity contribution is 0.0527. The molecular weight excluding hydrogens is 524 g/mol. The van der Waals surface area contributed by atoms with Gasteiger partial charge in [0.2, 0.25) is 0 Å². The lowest BCUT2D eigenvalue weighted by atomic mass is 9.83. The SMILES string of the molecule is CCOC(=O)c1c(N)sc2c1C1=C(CC2)Nc2c(N=Nc3ccc(Cl)cc3)c(=O)[nH]n2C1c1ccccc1. The largest absolute Gasteiger partial charge is 0.462 e. The Morgan fingerprint density at radius 3 is 2.66 bits per heavy atom. The van der Waals surface area contributed by atoms with Crippen LogP contribution in [0.2, 0.25) is 5.02 Å². The highest BCUT2D eigenvalue weighted by atomic mass is 35.5. The number of carbonyl (C=O) groups excluding carboxylic acids is 1. The molecule has 2 aromatic carbocycles. The van der Waals surface area contributed by atoms with Crippen molar-refractivity contribution in [2.24, 2.45) is 10.2 Å². The molecule has 0 bridgehead atoms. The zero-order chi connectivity index (χ0) is 26.4. The molecule has 0 amide bonds. The zero-order valence-corrected chi connectivity index (χ0v) is 21.9. The van der Waals surface area contributed by atoms with Crippen LogP contribution in [0.4, 0.5) is 22.2 Å². The van der Waals surface area contributed by atoms with Gasteiger partial charge in [-0.1, -0.05) is 41.9 Å². The van der Waals surface area contributed by atoms with Crippen LogP contribution in [0.5, 0.6) is 0 Å². The van der Waals surface area contributed by atoms with Crippen molar-refractivity contribution in [2.45, 2.75) is 25.8 Å². The molecule has 0 saturated carbocycles. The van der Waals surface area contributed by atoms with Gasteiger partial charge in [0.15, 0.2) is 11.5 Å². The normalized spacial score (nSPS) is 16.1. The number of benzene rings is 2.